The summed E-state index contributed by atoms with van der Waals surface area (Å²) in [6.07, 6.45) is 9.16. The van der Waals surface area contributed by atoms with Crippen molar-refractivity contribution in [2.75, 3.05) is 6.61 Å². The zero-order valence-corrected chi connectivity index (χ0v) is 13.7. The van der Waals surface area contributed by atoms with Crippen LogP contribution in [0, 0.1) is 5.92 Å². The van der Waals surface area contributed by atoms with Crippen LogP contribution in [-0.4, -0.2) is 12.7 Å². The molecule has 0 aliphatic heterocycles. The normalized spacial score (nSPS) is 24.0. The fraction of sp³-hybridized carbons (Fsp3) is 0.684. The van der Waals surface area contributed by atoms with Gasteiger partial charge in [-0.25, -0.2) is 0 Å². The smallest absolute Gasteiger partial charge is 0.0663 e. The van der Waals surface area contributed by atoms with Gasteiger partial charge in [0.15, 0.2) is 0 Å². The summed E-state index contributed by atoms with van der Waals surface area (Å²) < 4.78 is 6.08. The average Bonchev–Trinajstić information content (AvgIpc) is 2.54. The van der Waals surface area contributed by atoms with Crippen LogP contribution in [-0.2, 0) is 11.2 Å². The summed E-state index contributed by atoms with van der Waals surface area (Å²) in [6.45, 7) is 5.14. The van der Waals surface area contributed by atoms with E-state index in [1.54, 1.807) is 0 Å². The first kappa shape index (κ1) is 16.5. The molecule has 0 amide bonds. The highest BCUT2D eigenvalue weighted by Crippen LogP contribution is 2.29. The highest BCUT2D eigenvalue weighted by molar-refractivity contribution is 5.25. The van der Waals surface area contributed by atoms with E-state index in [9.17, 15) is 0 Å². The number of aryl methyl sites for hydroxylation is 1. The third-order valence-electron chi connectivity index (χ3n) is 4.77. The molecule has 1 saturated carbocycles. The maximum absolute atomic E-state index is 6.28. The first-order valence-corrected chi connectivity index (χ1v) is 8.69. The zero-order chi connectivity index (χ0) is 15.1. The van der Waals surface area contributed by atoms with Crippen LogP contribution in [0.1, 0.15) is 69.5 Å². The largest absolute Gasteiger partial charge is 0.376 e. The van der Waals surface area contributed by atoms with Gasteiger partial charge < -0.3 is 10.5 Å². The Hall–Kier alpha value is -0.860. The first-order valence-electron chi connectivity index (χ1n) is 8.69. The van der Waals surface area contributed by atoms with E-state index in [4.69, 9.17) is 10.5 Å². The van der Waals surface area contributed by atoms with Crippen molar-refractivity contribution in [2.45, 2.75) is 70.9 Å². The van der Waals surface area contributed by atoms with Crippen molar-refractivity contribution in [3.8, 4) is 0 Å². The summed E-state index contributed by atoms with van der Waals surface area (Å²) >= 11 is 0. The minimum atomic E-state index is 0.00248. The molecule has 2 heteroatoms. The summed E-state index contributed by atoms with van der Waals surface area (Å²) in [5.41, 5.74) is 8.87. The standard InChI is InChI=1S/C19H31NO/c1-3-6-16-9-11-17(12-10-16)19(20)14-21-18-8-5-7-15(4-2)13-18/h9-12,15,18-19H,3-8,13-14,20H2,1-2H3. The van der Waals surface area contributed by atoms with Crippen molar-refractivity contribution in [3.05, 3.63) is 35.4 Å². The fourth-order valence-electron chi connectivity index (χ4n) is 3.32. The lowest BCUT2D eigenvalue weighted by atomic mass is 9.85. The zero-order valence-electron chi connectivity index (χ0n) is 13.7. The third-order valence-corrected chi connectivity index (χ3v) is 4.77. The van der Waals surface area contributed by atoms with Gasteiger partial charge in [0.25, 0.3) is 0 Å². The SMILES string of the molecule is CCCc1ccc(C(N)COC2CCCC(CC)C2)cc1. The summed E-state index contributed by atoms with van der Waals surface area (Å²) in [4.78, 5) is 0. The molecule has 0 aromatic heterocycles. The minimum absolute atomic E-state index is 0.00248. The molecule has 1 aromatic rings. The molecule has 0 saturated heterocycles. The molecular formula is C19H31NO. The quantitative estimate of drug-likeness (QED) is 0.794. The Kier molecular flexibility index (Phi) is 6.72. The summed E-state index contributed by atoms with van der Waals surface area (Å²) in [5, 5.41) is 0. The van der Waals surface area contributed by atoms with Gasteiger partial charge in [0, 0.05) is 0 Å². The third kappa shape index (κ3) is 5.12. The van der Waals surface area contributed by atoms with Crippen molar-refractivity contribution in [1.29, 1.82) is 0 Å². The van der Waals surface area contributed by atoms with Gasteiger partial charge in [0.1, 0.15) is 0 Å². The van der Waals surface area contributed by atoms with Crippen LogP contribution in [0.25, 0.3) is 0 Å². The molecule has 1 aromatic carbocycles. The van der Waals surface area contributed by atoms with Crippen molar-refractivity contribution < 1.29 is 4.74 Å². The number of rotatable bonds is 7. The fourth-order valence-corrected chi connectivity index (χ4v) is 3.32. The summed E-state index contributed by atoms with van der Waals surface area (Å²) in [5.74, 6) is 0.855. The first-order chi connectivity index (χ1) is 10.2. The predicted molar refractivity (Wildman–Crippen MR) is 89.4 cm³/mol. The molecule has 2 nitrogen and oxygen atoms in total. The van der Waals surface area contributed by atoms with Crippen molar-refractivity contribution >= 4 is 0 Å². The lowest BCUT2D eigenvalue weighted by Crippen LogP contribution is -2.26. The van der Waals surface area contributed by atoms with E-state index in [2.05, 4.69) is 38.1 Å². The van der Waals surface area contributed by atoms with Crippen LogP contribution >= 0.6 is 0 Å². The van der Waals surface area contributed by atoms with Crippen LogP contribution in [0.2, 0.25) is 0 Å². The van der Waals surface area contributed by atoms with Crippen LogP contribution in [0.15, 0.2) is 24.3 Å². The molecule has 0 bridgehead atoms. The number of benzene rings is 1. The van der Waals surface area contributed by atoms with Gasteiger partial charge >= 0.3 is 0 Å². The van der Waals surface area contributed by atoms with Gasteiger partial charge in [-0.3, -0.25) is 0 Å². The van der Waals surface area contributed by atoms with Crippen molar-refractivity contribution in [1.82, 2.24) is 0 Å². The predicted octanol–water partition coefficient (Wildman–Crippen LogP) is 4.62. The molecular weight excluding hydrogens is 258 g/mol. The second kappa shape index (κ2) is 8.55. The highest BCUT2D eigenvalue weighted by atomic mass is 16.5. The van der Waals surface area contributed by atoms with E-state index in [1.807, 2.05) is 0 Å². The van der Waals surface area contributed by atoms with Gasteiger partial charge in [-0.05, 0) is 36.3 Å². The van der Waals surface area contributed by atoms with Crippen LogP contribution in [0.3, 0.4) is 0 Å². The number of hydrogen-bond donors (Lipinski definition) is 1. The molecule has 1 aliphatic rings. The number of nitrogens with two attached hydrogens (primary N) is 1. The Balaban J connectivity index is 1.79. The van der Waals surface area contributed by atoms with E-state index >= 15 is 0 Å². The molecule has 3 atom stereocenters. The molecule has 2 rings (SSSR count). The van der Waals surface area contributed by atoms with Gasteiger partial charge in [0.05, 0.1) is 18.8 Å². The van der Waals surface area contributed by atoms with Crippen LogP contribution < -0.4 is 5.73 Å². The lowest BCUT2D eigenvalue weighted by molar-refractivity contribution is 0.00561. The van der Waals surface area contributed by atoms with E-state index in [-0.39, 0.29) is 6.04 Å². The molecule has 118 valence electrons. The molecule has 0 spiro atoms. The Labute approximate surface area is 130 Å². The Bertz CT molecular complexity index is 401. The molecule has 0 heterocycles. The van der Waals surface area contributed by atoms with E-state index in [1.165, 1.54) is 49.7 Å². The molecule has 2 N–H and O–H groups in total. The van der Waals surface area contributed by atoms with Crippen LogP contribution in [0.4, 0.5) is 0 Å². The monoisotopic (exact) mass is 289 g/mol. The number of ether oxygens (including phenoxy) is 1. The summed E-state index contributed by atoms with van der Waals surface area (Å²) in [6, 6.07) is 8.73. The van der Waals surface area contributed by atoms with E-state index in [0.717, 1.165) is 12.3 Å². The van der Waals surface area contributed by atoms with E-state index < -0.39 is 0 Å². The summed E-state index contributed by atoms with van der Waals surface area (Å²) in [7, 11) is 0. The van der Waals surface area contributed by atoms with Gasteiger partial charge in [-0.15, -0.1) is 0 Å². The topological polar surface area (TPSA) is 35.2 Å². The Morgan fingerprint density at radius 3 is 2.62 bits per heavy atom. The lowest BCUT2D eigenvalue weighted by Gasteiger charge is -2.29. The molecule has 21 heavy (non-hydrogen) atoms. The molecule has 0 radical (unpaired) electrons. The minimum Gasteiger partial charge on any atom is -0.376 e. The molecule has 3 unspecified atom stereocenters. The maximum Gasteiger partial charge on any atom is 0.0663 e. The van der Waals surface area contributed by atoms with Gasteiger partial charge in [0.2, 0.25) is 0 Å². The Morgan fingerprint density at radius 1 is 1.19 bits per heavy atom. The van der Waals surface area contributed by atoms with E-state index in [0.29, 0.717) is 12.7 Å². The second-order valence-electron chi connectivity index (χ2n) is 6.49. The highest BCUT2D eigenvalue weighted by Gasteiger charge is 2.21. The van der Waals surface area contributed by atoms with Crippen molar-refractivity contribution in [2.24, 2.45) is 11.7 Å². The second-order valence-corrected chi connectivity index (χ2v) is 6.49. The molecule has 1 aliphatic carbocycles. The average molecular weight is 289 g/mol. The van der Waals surface area contributed by atoms with Crippen molar-refractivity contribution in [3.63, 3.8) is 0 Å². The van der Waals surface area contributed by atoms with Gasteiger partial charge in [-0.2, -0.15) is 0 Å². The van der Waals surface area contributed by atoms with Gasteiger partial charge in [-0.1, -0.05) is 63.8 Å². The number of hydrogen-bond acceptors (Lipinski definition) is 2. The van der Waals surface area contributed by atoms with Crippen LogP contribution in [0.5, 0.6) is 0 Å². The maximum atomic E-state index is 6.28. The Morgan fingerprint density at radius 2 is 1.95 bits per heavy atom. The molecule has 1 fully saturated rings.